The molecule has 0 radical (unpaired) electrons. The van der Waals surface area contributed by atoms with Crippen LogP contribution in [0.5, 0.6) is 11.5 Å². The van der Waals surface area contributed by atoms with Crippen molar-refractivity contribution in [2.24, 2.45) is 11.7 Å². The molecule has 2 aliphatic rings. The predicted octanol–water partition coefficient (Wildman–Crippen LogP) is 4.20. The number of amides is 15. The number of aromatic hydroxyl groups is 2. The van der Waals surface area contributed by atoms with Crippen LogP contribution in [0.15, 0.2) is 152 Å². The minimum absolute atomic E-state index is 0.00367. The van der Waals surface area contributed by atoms with Crippen LogP contribution in [0.25, 0.3) is 10.9 Å². The molecule has 15 N–H and O–H groups in total. The molecule has 0 bridgehead atoms. The molecule has 136 heavy (non-hydrogen) atoms. The summed E-state index contributed by atoms with van der Waals surface area (Å²) in [5, 5.41) is 55.6. The first-order valence-corrected chi connectivity index (χ1v) is 46.5. The number of primary amides is 1. The number of nitrogens with zero attached hydrogens (tertiary/aromatic N) is 5. The van der Waals surface area contributed by atoms with Crippen LogP contribution in [0.1, 0.15) is 132 Å². The fraction of sp³-hybridized carbons (Fsp3) is 0.443. The van der Waals surface area contributed by atoms with Crippen LogP contribution in [0.3, 0.4) is 0 Å². The summed E-state index contributed by atoms with van der Waals surface area (Å²) in [5.74, 6) is -23.7. The number of carboxylic acid groups (broad SMARTS) is 1. The van der Waals surface area contributed by atoms with Gasteiger partial charge < -0.3 is 98.4 Å². The molecule has 39 heteroatoms. The number of halogens is 3. The van der Waals surface area contributed by atoms with E-state index < -0.39 is 228 Å². The van der Waals surface area contributed by atoms with Crippen LogP contribution in [0.4, 0.5) is 13.2 Å². The molecule has 35 nitrogen and oxygen atoms in total. The molecule has 12 atom stereocenters. The lowest BCUT2D eigenvalue weighted by Crippen LogP contribution is -2.62. The molecule has 2 fully saturated rings. The van der Waals surface area contributed by atoms with Crippen molar-refractivity contribution in [3.05, 3.63) is 203 Å². The molecule has 3 heterocycles. The van der Waals surface area contributed by atoms with Gasteiger partial charge in [0.1, 0.15) is 84.0 Å². The van der Waals surface area contributed by atoms with Gasteiger partial charge in [0.15, 0.2) is 17.5 Å². The molecule has 2 saturated heterocycles. The summed E-state index contributed by atoms with van der Waals surface area (Å²) in [7, 11) is 3.75. The highest BCUT2D eigenvalue weighted by Crippen LogP contribution is 2.28. The number of likely N-dealkylation sites (N-methyl/N-ethyl adjacent to an activating group) is 3. The molecule has 730 valence electrons. The lowest BCUT2D eigenvalue weighted by molar-refractivity contribution is -0.152. The summed E-state index contributed by atoms with van der Waals surface area (Å²) in [4.78, 5) is 247. The van der Waals surface area contributed by atoms with Gasteiger partial charge in [-0.15, -0.1) is 11.8 Å². The number of carbonyl (C=O) groups is 16. The van der Waals surface area contributed by atoms with Crippen LogP contribution in [0, 0.1) is 23.4 Å². The van der Waals surface area contributed by atoms with E-state index in [4.69, 9.17) is 5.73 Å². The van der Waals surface area contributed by atoms with Crippen molar-refractivity contribution in [3.8, 4) is 11.5 Å². The maximum absolute atomic E-state index is 15.8. The van der Waals surface area contributed by atoms with Crippen LogP contribution in [0.2, 0.25) is 0 Å². The van der Waals surface area contributed by atoms with Gasteiger partial charge in [-0.05, 0) is 114 Å². The van der Waals surface area contributed by atoms with Gasteiger partial charge in [0.2, 0.25) is 88.6 Å². The quantitative estimate of drug-likeness (QED) is 0.0338. The van der Waals surface area contributed by atoms with Crippen molar-refractivity contribution in [3.63, 3.8) is 0 Å². The average Bonchev–Trinajstić information content (AvgIpc) is 1.48. The number of aliphatic carboxylic acids is 1. The summed E-state index contributed by atoms with van der Waals surface area (Å²) in [5.41, 5.74) is 7.97. The summed E-state index contributed by atoms with van der Waals surface area (Å²) < 4.78 is 45.1. The van der Waals surface area contributed by atoms with Gasteiger partial charge in [0.05, 0.1) is 25.3 Å². The Morgan fingerprint density at radius 3 is 1.59 bits per heavy atom. The molecule has 0 spiro atoms. The first-order valence-electron chi connectivity index (χ1n) is 45.3. The number of carbonyl (C=O) groups excluding carboxylic acids is 15. The number of hydrogen-bond acceptors (Lipinski definition) is 19. The normalized spacial score (nSPS) is 22.3. The smallest absolute Gasteiger partial charge is 0.305 e. The van der Waals surface area contributed by atoms with E-state index in [0.717, 1.165) is 19.6 Å². The molecule has 6 aromatic carbocycles. The monoisotopic (exact) mass is 1900 g/mol. The van der Waals surface area contributed by atoms with Crippen molar-refractivity contribution in [2.75, 3.05) is 58.8 Å². The molecule has 2 aliphatic heterocycles. The van der Waals surface area contributed by atoms with Crippen molar-refractivity contribution in [2.45, 2.75) is 210 Å². The van der Waals surface area contributed by atoms with Gasteiger partial charge in [0, 0.05) is 95.6 Å². The first kappa shape index (κ1) is 106. The van der Waals surface area contributed by atoms with Gasteiger partial charge in [-0.3, -0.25) is 76.7 Å². The van der Waals surface area contributed by atoms with Gasteiger partial charge in [0.25, 0.3) is 0 Å². The SMILES string of the molecule is CCCC[C@@H]1NC(=O)[C@H](Cc2ccc(O)cc2)NC(=O)[C@H](Cc2c[nH]c3ccccc23)NC(=O)[C@H]2CCCN2C(=O)[C@H](Cc2ccc(O)cc2)NC(=O)[C@H](Cc2ccccc2)N(C)C(=O)[C@H](C(C)C)NC(=O)[C@H](CC(=O)O)NC(=O)CN(CCC)C(=O)[C@H](CCCC)N(C)C(=O)C(Cc2ccccc2)N(C)C(=O)[C@H](Cc2cc(F)c(F)c(F)c2)NC(=O)CSC[C@@H](C(=O)NCC(N)=O)NC1=O. The van der Waals surface area contributed by atoms with Gasteiger partial charge in [-0.2, -0.15) is 0 Å². The van der Waals surface area contributed by atoms with E-state index in [1.807, 2.05) is 0 Å². The second-order valence-corrected chi connectivity index (χ2v) is 35.5. The average molecular weight is 1900 g/mol. The van der Waals surface area contributed by atoms with Crippen LogP contribution < -0.4 is 53.6 Å². The number of aromatic amines is 1. The maximum atomic E-state index is 15.8. The minimum atomic E-state index is -1.96. The molecule has 15 amide bonds. The number of aromatic nitrogens is 1. The van der Waals surface area contributed by atoms with Crippen LogP contribution in [-0.2, 0) is 115 Å². The number of para-hydroxylation sites is 1. The van der Waals surface area contributed by atoms with E-state index in [1.165, 1.54) is 74.6 Å². The third-order valence-corrected chi connectivity index (χ3v) is 24.9. The topological polar surface area (TPSA) is 500 Å². The molecule has 0 saturated carbocycles. The van der Waals surface area contributed by atoms with E-state index in [2.05, 4.69) is 52.8 Å². The Kier molecular flexibility index (Phi) is 39.7. The van der Waals surface area contributed by atoms with Crippen molar-refractivity contribution in [1.82, 2.24) is 77.3 Å². The third kappa shape index (κ3) is 30.1. The first-order chi connectivity index (χ1) is 64.9. The standard InChI is InChI=1S/C97H121F3N16O19S/c1-9-12-28-69-87(125)110-75(86(124)103-52-80(101)119)54-136-55-82(121)105-73(46-61-42-66(98)84(100)67(99)43-61)93(131)114(8)79(48-58-25-18-15-19-26-58)95(133)112(6)77(30-13-10-2)96(134)115(40-11-3)53-81(120)104-72(50-83(122)123)90(128)111-85(56(4)5)97(135)113(7)78(47-57-23-16-14-17-24-57)92(130)109-74(45-60-34-38-64(118)39-35-60)94(132)116-41-22-31-76(116)91(129)108-71(49-62-51-102-68-29-21-20-27-65(62)68)89(127)107-70(88(126)106-69)44-59-32-36-63(117)37-33-59/h14-21,23-27,29,32-39,42-43,51,56,69-79,85,102,117-118H,9-13,22,28,30-31,40-41,44-50,52-55H2,1-8H3,(H2,101,119)(H,103,124)(H,104,120)(H,105,121)(H,106,126)(H,107,127)(H,108,129)(H,109,130)(H,110,125)(H,111,128)(H,122,123)/t69-,70-,71-,72-,73-,74-,75-,76+,77-,78-,79?,85-/m0/s1. The molecular weight excluding hydrogens is 1780 g/mol. The van der Waals surface area contributed by atoms with E-state index in [1.54, 1.807) is 126 Å². The number of fused-ring (bicyclic) bond motifs is 2. The highest BCUT2D eigenvalue weighted by atomic mass is 32.2. The molecule has 9 rings (SSSR count). The summed E-state index contributed by atoms with van der Waals surface area (Å²) in [6, 6.07) is 16.8. The number of phenols is 2. The molecule has 0 aliphatic carbocycles. The van der Waals surface area contributed by atoms with Crippen LogP contribution in [-0.4, -0.2) is 271 Å². The molecule has 7 aromatic rings. The summed E-state index contributed by atoms with van der Waals surface area (Å²) in [6.45, 7) is 6.50. The zero-order chi connectivity index (χ0) is 99.1. The molecule has 1 aromatic heterocycles. The fourth-order valence-electron chi connectivity index (χ4n) is 16.4. The second kappa shape index (κ2) is 51.0. The Morgan fingerprint density at radius 2 is 1.00 bits per heavy atom. The second-order valence-electron chi connectivity index (χ2n) is 34.5. The van der Waals surface area contributed by atoms with Gasteiger partial charge in [-0.1, -0.05) is 163 Å². The zero-order valence-corrected chi connectivity index (χ0v) is 78.0. The lowest BCUT2D eigenvalue weighted by atomic mass is 9.98. The minimum Gasteiger partial charge on any atom is -0.508 e. The summed E-state index contributed by atoms with van der Waals surface area (Å²) >= 11 is 0.679. The van der Waals surface area contributed by atoms with E-state index in [-0.39, 0.29) is 107 Å². The largest absolute Gasteiger partial charge is 0.508 e. The van der Waals surface area contributed by atoms with E-state index in [9.17, 15) is 48.5 Å². The third-order valence-electron chi connectivity index (χ3n) is 23.8. The zero-order valence-electron chi connectivity index (χ0n) is 77.2. The van der Waals surface area contributed by atoms with Crippen molar-refractivity contribution >= 4 is 117 Å². The fourth-order valence-corrected chi connectivity index (χ4v) is 17.2. The number of carboxylic acids is 1. The van der Waals surface area contributed by atoms with Gasteiger partial charge in [-0.25, -0.2) is 13.2 Å². The van der Waals surface area contributed by atoms with Crippen molar-refractivity contribution < 1.29 is 105 Å². The maximum Gasteiger partial charge on any atom is 0.305 e. The van der Waals surface area contributed by atoms with Crippen molar-refractivity contribution in [1.29, 1.82) is 0 Å². The number of nitrogens with two attached hydrogens (primary N) is 1. The Morgan fingerprint density at radius 1 is 0.500 bits per heavy atom. The number of phenolic OH excluding ortho intramolecular Hbond substituents is 2. The van der Waals surface area contributed by atoms with Crippen LogP contribution >= 0.6 is 11.8 Å². The number of hydrogen-bond donors (Lipinski definition) is 14. The number of thioether (sulfide) groups is 1. The number of rotatable bonds is 26. The molecular formula is C97H121F3N16O19S. The highest BCUT2D eigenvalue weighted by Gasteiger charge is 2.45. The highest BCUT2D eigenvalue weighted by molar-refractivity contribution is 8.00. The lowest BCUT2D eigenvalue weighted by Gasteiger charge is -2.37. The Hall–Kier alpha value is -13.9. The van der Waals surface area contributed by atoms with E-state index >= 15 is 56.7 Å². The Balaban J connectivity index is 1.15. The van der Waals surface area contributed by atoms with Gasteiger partial charge >= 0.3 is 5.97 Å². The number of H-pyrrole nitrogens is 1. The summed E-state index contributed by atoms with van der Waals surface area (Å²) in [6.07, 6.45) is -0.0159. The Labute approximate surface area is 790 Å². The number of benzene rings is 6. The van der Waals surface area contributed by atoms with E-state index in [0.29, 0.717) is 75.5 Å². The number of nitrogens with one attached hydrogen (secondary N) is 10. The Bertz CT molecular complexity index is 5370. The molecule has 1 unspecified atom stereocenters. The predicted molar refractivity (Wildman–Crippen MR) is 498 cm³/mol. The number of unbranched alkanes of at least 4 members (excludes halogenated alkanes) is 2.